The largest absolute Gasteiger partial charge is 0.383 e. The zero-order chi connectivity index (χ0) is 14.9. The van der Waals surface area contributed by atoms with E-state index < -0.39 is 0 Å². The molecule has 2 aromatic carbocycles. The van der Waals surface area contributed by atoms with E-state index in [1.807, 2.05) is 24.3 Å². The van der Waals surface area contributed by atoms with Gasteiger partial charge in [0.25, 0.3) is 0 Å². The highest BCUT2D eigenvalue weighted by Gasteiger charge is 2.17. The summed E-state index contributed by atoms with van der Waals surface area (Å²) < 4.78 is 0. The molecule has 4 heteroatoms. The molecule has 0 radical (unpaired) electrons. The molecule has 0 atom stereocenters. The number of anilines is 2. The van der Waals surface area contributed by atoms with Crippen LogP contribution in [0, 0.1) is 0 Å². The number of hydrogen-bond donors (Lipinski definition) is 1. The van der Waals surface area contributed by atoms with E-state index in [-0.39, 0.29) is 0 Å². The first kappa shape index (κ1) is 13.1. The van der Waals surface area contributed by atoms with Gasteiger partial charge in [0.1, 0.15) is 5.82 Å². The van der Waals surface area contributed by atoms with E-state index in [0.29, 0.717) is 12.4 Å². The number of nitrogen functional groups attached to an aromatic ring is 1. The van der Waals surface area contributed by atoms with Gasteiger partial charge in [0.15, 0.2) is 5.82 Å². The summed E-state index contributed by atoms with van der Waals surface area (Å²) in [6, 6.07) is 16.5. The summed E-state index contributed by atoms with van der Waals surface area (Å²) in [4.78, 5) is 11.5. The van der Waals surface area contributed by atoms with E-state index in [9.17, 15) is 0 Å². The third kappa shape index (κ3) is 2.26. The molecule has 0 unspecified atom stereocenters. The molecular formula is C18H18N4. The lowest BCUT2D eigenvalue weighted by atomic mass is 10.0. The molecule has 0 amide bonds. The Balaban J connectivity index is 1.70. The minimum atomic E-state index is 0.561. The molecule has 0 spiro atoms. The Kier molecular flexibility index (Phi) is 3.15. The van der Waals surface area contributed by atoms with Crippen LogP contribution in [0.2, 0.25) is 0 Å². The van der Waals surface area contributed by atoms with Gasteiger partial charge in [-0.2, -0.15) is 0 Å². The second-order valence-corrected chi connectivity index (χ2v) is 5.70. The third-order valence-corrected chi connectivity index (χ3v) is 4.22. The van der Waals surface area contributed by atoms with Crippen LogP contribution >= 0.6 is 0 Å². The molecule has 1 aliphatic heterocycles. The lowest BCUT2D eigenvalue weighted by molar-refractivity contribution is 0.676. The molecule has 1 aromatic heterocycles. The maximum absolute atomic E-state index is 6.09. The molecule has 0 saturated heterocycles. The average Bonchev–Trinajstić information content (AvgIpc) is 2.55. The second-order valence-electron chi connectivity index (χ2n) is 5.70. The zero-order valence-electron chi connectivity index (χ0n) is 12.4. The van der Waals surface area contributed by atoms with Crippen molar-refractivity contribution in [2.24, 2.45) is 0 Å². The summed E-state index contributed by atoms with van der Waals surface area (Å²) in [6.07, 6.45) is 2.31. The number of aromatic nitrogens is 2. The topological polar surface area (TPSA) is 55.0 Å². The van der Waals surface area contributed by atoms with Crippen molar-refractivity contribution in [3.05, 3.63) is 59.9 Å². The number of benzene rings is 2. The third-order valence-electron chi connectivity index (χ3n) is 4.22. The zero-order valence-corrected chi connectivity index (χ0v) is 12.4. The molecule has 0 fully saturated rings. The van der Waals surface area contributed by atoms with Gasteiger partial charge in [0.2, 0.25) is 0 Å². The van der Waals surface area contributed by atoms with Crippen LogP contribution in [-0.2, 0) is 13.0 Å². The van der Waals surface area contributed by atoms with Crippen molar-refractivity contribution >= 4 is 22.4 Å². The summed E-state index contributed by atoms with van der Waals surface area (Å²) >= 11 is 0. The maximum Gasteiger partial charge on any atom is 0.150 e. The minimum Gasteiger partial charge on any atom is -0.383 e. The van der Waals surface area contributed by atoms with E-state index in [4.69, 9.17) is 5.73 Å². The second kappa shape index (κ2) is 5.30. The van der Waals surface area contributed by atoms with Crippen LogP contribution in [0.5, 0.6) is 0 Å². The van der Waals surface area contributed by atoms with Crippen LogP contribution in [0.4, 0.5) is 11.5 Å². The van der Waals surface area contributed by atoms with Crippen LogP contribution in [-0.4, -0.2) is 16.5 Å². The fourth-order valence-electron chi connectivity index (χ4n) is 3.17. The Morgan fingerprint density at radius 2 is 1.82 bits per heavy atom. The monoisotopic (exact) mass is 290 g/mol. The minimum absolute atomic E-state index is 0.561. The summed E-state index contributed by atoms with van der Waals surface area (Å²) in [5.41, 5.74) is 9.70. The Labute approximate surface area is 129 Å². The molecule has 22 heavy (non-hydrogen) atoms. The molecule has 3 aromatic rings. The van der Waals surface area contributed by atoms with Crippen molar-refractivity contribution < 1.29 is 0 Å². The quantitative estimate of drug-likeness (QED) is 0.787. The normalized spacial score (nSPS) is 14.1. The van der Waals surface area contributed by atoms with Crippen molar-refractivity contribution in [1.82, 2.24) is 9.97 Å². The smallest absolute Gasteiger partial charge is 0.150 e. The first-order valence-electron chi connectivity index (χ1n) is 7.65. The summed E-state index contributed by atoms with van der Waals surface area (Å²) in [5.74, 6) is 1.35. The molecular weight excluding hydrogens is 272 g/mol. The number of aryl methyl sites for hydroxylation is 1. The summed E-state index contributed by atoms with van der Waals surface area (Å²) in [5, 5.41) is 0.922. The number of para-hydroxylation sites is 2. The number of nitrogens with two attached hydrogens (primary N) is 1. The summed E-state index contributed by atoms with van der Waals surface area (Å²) in [6.45, 7) is 1.74. The standard InChI is InChI=1S/C18H18N4/c19-18-14-8-2-3-9-15(14)20-17(21-18)12-22-11-5-7-13-6-1-4-10-16(13)22/h1-4,6,8-10H,5,7,11-12H2,(H2,19,20,21). The van der Waals surface area contributed by atoms with Gasteiger partial charge in [-0.1, -0.05) is 30.3 Å². The molecule has 4 nitrogen and oxygen atoms in total. The lowest BCUT2D eigenvalue weighted by Gasteiger charge is -2.30. The van der Waals surface area contributed by atoms with Crippen molar-refractivity contribution in [2.75, 3.05) is 17.2 Å². The van der Waals surface area contributed by atoms with Gasteiger partial charge in [-0.15, -0.1) is 0 Å². The van der Waals surface area contributed by atoms with Gasteiger partial charge in [-0.05, 0) is 36.6 Å². The van der Waals surface area contributed by atoms with Crippen molar-refractivity contribution in [3.63, 3.8) is 0 Å². The van der Waals surface area contributed by atoms with E-state index in [2.05, 4.69) is 39.1 Å². The molecule has 110 valence electrons. The van der Waals surface area contributed by atoms with Gasteiger partial charge in [0.05, 0.1) is 12.1 Å². The van der Waals surface area contributed by atoms with Gasteiger partial charge in [-0.3, -0.25) is 0 Å². The fourth-order valence-corrected chi connectivity index (χ4v) is 3.17. The molecule has 1 aliphatic rings. The molecule has 2 N–H and O–H groups in total. The highest BCUT2D eigenvalue weighted by atomic mass is 15.2. The molecule has 0 saturated carbocycles. The lowest BCUT2D eigenvalue weighted by Crippen LogP contribution is -2.29. The van der Waals surface area contributed by atoms with Crippen molar-refractivity contribution in [1.29, 1.82) is 0 Å². The number of fused-ring (bicyclic) bond motifs is 2. The van der Waals surface area contributed by atoms with Crippen LogP contribution < -0.4 is 10.6 Å². The van der Waals surface area contributed by atoms with Crippen molar-refractivity contribution in [2.45, 2.75) is 19.4 Å². The Morgan fingerprint density at radius 1 is 1.00 bits per heavy atom. The van der Waals surface area contributed by atoms with Crippen LogP contribution in [0.15, 0.2) is 48.5 Å². The molecule has 0 aliphatic carbocycles. The van der Waals surface area contributed by atoms with Crippen LogP contribution in [0.3, 0.4) is 0 Å². The predicted molar refractivity (Wildman–Crippen MR) is 89.8 cm³/mol. The van der Waals surface area contributed by atoms with Gasteiger partial charge in [-0.25, -0.2) is 9.97 Å². The molecule has 2 heterocycles. The van der Waals surface area contributed by atoms with E-state index >= 15 is 0 Å². The average molecular weight is 290 g/mol. The Bertz CT molecular complexity index is 828. The Morgan fingerprint density at radius 3 is 2.77 bits per heavy atom. The number of rotatable bonds is 2. The number of hydrogen-bond acceptors (Lipinski definition) is 4. The predicted octanol–water partition coefficient (Wildman–Crippen LogP) is 3.16. The van der Waals surface area contributed by atoms with Gasteiger partial charge in [0, 0.05) is 17.6 Å². The first-order chi connectivity index (χ1) is 10.8. The molecule has 0 bridgehead atoms. The fraction of sp³-hybridized carbons (Fsp3) is 0.222. The van der Waals surface area contributed by atoms with Gasteiger partial charge >= 0.3 is 0 Å². The number of nitrogens with zero attached hydrogens (tertiary/aromatic N) is 3. The van der Waals surface area contributed by atoms with E-state index in [0.717, 1.165) is 29.7 Å². The molecule has 4 rings (SSSR count). The van der Waals surface area contributed by atoms with Crippen LogP contribution in [0.1, 0.15) is 17.8 Å². The SMILES string of the molecule is Nc1nc(CN2CCCc3ccccc32)nc2ccccc12. The van der Waals surface area contributed by atoms with Gasteiger partial charge < -0.3 is 10.6 Å². The summed E-state index contributed by atoms with van der Waals surface area (Å²) in [7, 11) is 0. The van der Waals surface area contributed by atoms with Crippen molar-refractivity contribution in [3.8, 4) is 0 Å². The van der Waals surface area contributed by atoms with Crippen LogP contribution in [0.25, 0.3) is 10.9 Å². The Hall–Kier alpha value is -2.62. The van der Waals surface area contributed by atoms with E-state index in [1.54, 1.807) is 0 Å². The maximum atomic E-state index is 6.09. The highest BCUT2D eigenvalue weighted by molar-refractivity contribution is 5.87. The first-order valence-corrected chi connectivity index (χ1v) is 7.65. The van der Waals surface area contributed by atoms with E-state index in [1.165, 1.54) is 17.7 Å². The highest BCUT2D eigenvalue weighted by Crippen LogP contribution is 2.28.